The standard InChI is InChI=1S/C11H25N3O3S/c1-9(6-5-7-12)10(15)13-8-11(2,3)14-18(4,16)17/h9,14H,5-8,12H2,1-4H3,(H,13,15). The Bertz CT molecular complexity index is 366. The maximum absolute atomic E-state index is 11.7. The lowest BCUT2D eigenvalue weighted by atomic mass is 10.0. The van der Waals surface area contributed by atoms with Crippen molar-refractivity contribution in [1.82, 2.24) is 10.0 Å². The fourth-order valence-corrected chi connectivity index (χ4v) is 2.65. The largest absolute Gasteiger partial charge is 0.354 e. The van der Waals surface area contributed by atoms with Crippen LogP contribution in [0.4, 0.5) is 0 Å². The van der Waals surface area contributed by atoms with E-state index in [1.54, 1.807) is 13.8 Å². The summed E-state index contributed by atoms with van der Waals surface area (Å²) in [5.41, 5.74) is 4.68. The summed E-state index contributed by atoms with van der Waals surface area (Å²) in [6.45, 7) is 6.10. The molecular formula is C11H25N3O3S. The highest BCUT2D eigenvalue weighted by molar-refractivity contribution is 7.88. The number of carbonyl (C=O) groups excluding carboxylic acids is 1. The topological polar surface area (TPSA) is 101 Å². The SMILES string of the molecule is CC(CCCN)C(=O)NCC(C)(C)NS(C)(=O)=O. The fourth-order valence-electron chi connectivity index (χ4n) is 1.58. The number of carbonyl (C=O) groups is 1. The van der Waals surface area contributed by atoms with Crippen molar-refractivity contribution in [2.24, 2.45) is 11.7 Å². The van der Waals surface area contributed by atoms with E-state index in [0.29, 0.717) is 6.54 Å². The highest BCUT2D eigenvalue weighted by Gasteiger charge is 2.23. The Hall–Kier alpha value is -0.660. The molecule has 0 radical (unpaired) electrons. The Kier molecular flexibility index (Phi) is 6.80. The van der Waals surface area contributed by atoms with Crippen LogP contribution in [0, 0.1) is 5.92 Å². The predicted molar refractivity (Wildman–Crippen MR) is 72.5 cm³/mol. The summed E-state index contributed by atoms with van der Waals surface area (Å²) in [6.07, 6.45) is 2.64. The Morgan fingerprint density at radius 3 is 2.39 bits per heavy atom. The average Bonchev–Trinajstić information content (AvgIpc) is 2.19. The minimum atomic E-state index is -3.28. The van der Waals surface area contributed by atoms with Crippen LogP contribution in [0.15, 0.2) is 0 Å². The van der Waals surface area contributed by atoms with Gasteiger partial charge in [-0.2, -0.15) is 0 Å². The number of nitrogens with one attached hydrogen (secondary N) is 2. The van der Waals surface area contributed by atoms with Gasteiger partial charge in [-0.3, -0.25) is 4.79 Å². The molecular weight excluding hydrogens is 254 g/mol. The van der Waals surface area contributed by atoms with E-state index in [9.17, 15) is 13.2 Å². The molecule has 0 fully saturated rings. The van der Waals surface area contributed by atoms with Crippen LogP contribution in [-0.4, -0.2) is 39.2 Å². The zero-order chi connectivity index (χ0) is 14.4. The van der Waals surface area contributed by atoms with Gasteiger partial charge in [0.15, 0.2) is 0 Å². The van der Waals surface area contributed by atoms with Crippen LogP contribution in [0.2, 0.25) is 0 Å². The number of amides is 1. The molecule has 4 N–H and O–H groups in total. The number of rotatable bonds is 8. The highest BCUT2D eigenvalue weighted by atomic mass is 32.2. The molecule has 18 heavy (non-hydrogen) atoms. The molecule has 1 atom stereocenters. The Morgan fingerprint density at radius 1 is 1.39 bits per heavy atom. The van der Waals surface area contributed by atoms with Gasteiger partial charge in [-0.05, 0) is 33.2 Å². The molecule has 6 nitrogen and oxygen atoms in total. The van der Waals surface area contributed by atoms with Gasteiger partial charge in [-0.25, -0.2) is 13.1 Å². The van der Waals surface area contributed by atoms with Crippen LogP contribution >= 0.6 is 0 Å². The second-order valence-electron chi connectivity index (χ2n) is 5.31. The van der Waals surface area contributed by atoms with Crippen molar-refractivity contribution in [2.45, 2.75) is 39.2 Å². The third-order valence-electron chi connectivity index (χ3n) is 2.46. The summed E-state index contributed by atoms with van der Waals surface area (Å²) in [5, 5.41) is 2.75. The molecule has 0 heterocycles. The van der Waals surface area contributed by atoms with Crippen LogP contribution in [-0.2, 0) is 14.8 Å². The van der Waals surface area contributed by atoms with E-state index < -0.39 is 15.6 Å². The molecule has 0 rings (SSSR count). The van der Waals surface area contributed by atoms with Gasteiger partial charge in [-0.1, -0.05) is 6.92 Å². The van der Waals surface area contributed by atoms with Crippen molar-refractivity contribution in [3.8, 4) is 0 Å². The minimum absolute atomic E-state index is 0.0770. The first kappa shape index (κ1) is 17.3. The first-order valence-corrected chi connectivity index (χ1v) is 7.93. The van der Waals surface area contributed by atoms with E-state index >= 15 is 0 Å². The van der Waals surface area contributed by atoms with Crippen LogP contribution in [0.5, 0.6) is 0 Å². The minimum Gasteiger partial charge on any atom is -0.354 e. The average molecular weight is 279 g/mol. The van der Waals surface area contributed by atoms with Crippen molar-refractivity contribution in [2.75, 3.05) is 19.3 Å². The first-order chi connectivity index (χ1) is 8.07. The van der Waals surface area contributed by atoms with Crippen LogP contribution in [0.1, 0.15) is 33.6 Å². The molecule has 0 bridgehead atoms. The molecule has 0 aliphatic heterocycles. The Labute approximate surface area is 110 Å². The lowest BCUT2D eigenvalue weighted by Crippen LogP contribution is -2.51. The van der Waals surface area contributed by atoms with E-state index in [-0.39, 0.29) is 18.4 Å². The molecule has 0 aliphatic rings. The molecule has 1 amide bonds. The van der Waals surface area contributed by atoms with Crippen LogP contribution in [0.3, 0.4) is 0 Å². The third kappa shape index (κ3) is 8.43. The zero-order valence-corrected chi connectivity index (χ0v) is 12.4. The smallest absolute Gasteiger partial charge is 0.222 e. The molecule has 0 aromatic rings. The first-order valence-electron chi connectivity index (χ1n) is 6.04. The molecule has 108 valence electrons. The van der Waals surface area contributed by atoms with Crippen molar-refractivity contribution >= 4 is 15.9 Å². The number of hydrogen-bond donors (Lipinski definition) is 3. The van der Waals surface area contributed by atoms with Crippen molar-refractivity contribution in [3.63, 3.8) is 0 Å². The highest BCUT2D eigenvalue weighted by Crippen LogP contribution is 2.06. The third-order valence-corrected chi connectivity index (χ3v) is 3.38. The molecule has 0 saturated carbocycles. The van der Waals surface area contributed by atoms with Gasteiger partial charge in [0.1, 0.15) is 0 Å². The summed E-state index contributed by atoms with van der Waals surface area (Å²) in [7, 11) is -3.28. The van der Waals surface area contributed by atoms with Crippen molar-refractivity contribution in [3.05, 3.63) is 0 Å². The monoisotopic (exact) mass is 279 g/mol. The second kappa shape index (κ2) is 7.06. The molecule has 7 heteroatoms. The van der Waals surface area contributed by atoms with E-state index in [1.807, 2.05) is 6.92 Å². The van der Waals surface area contributed by atoms with Gasteiger partial charge in [0.05, 0.1) is 6.26 Å². The normalized spacial score (nSPS) is 14.3. The summed E-state index contributed by atoms with van der Waals surface area (Å²) < 4.78 is 24.7. The van der Waals surface area contributed by atoms with E-state index in [1.165, 1.54) is 0 Å². The van der Waals surface area contributed by atoms with Crippen LogP contribution < -0.4 is 15.8 Å². The molecule has 0 aromatic heterocycles. The Balaban J connectivity index is 4.19. The quantitative estimate of drug-likeness (QED) is 0.573. The molecule has 1 unspecified atom stereocenters. The molecule has 0 spiro atoms. The zero-order valence-electron chi connectivity index (χ0n) is 11.6. The number of sulfonamides is 1. The maximum atomic E-state index is 11.7. The van der Waals surface area contributed by atoms with E-state index in [0.717, 1.165) is 19.1 Å². The van der Waals surface area contributed by atoms with Crippen molar-refractivity contribution in [1.29, 1.82) is 0 Å². The van der Waals surface area contributed by atoms with Gasteiger partial charge in [0.2, 0.25) is 15.9 Å². The summed E-state index contributed by atoms with van der Waals surface area (Å²) in [5.74, 6) is -0.186. The van der Waals surface area contributed by atoms with E-state index in [4.69, 9.17) is 5.73 Å². The lowest BCUT2D eigenvalue weighted by molar-refractivity contribution is -0.124. The summed E-state index contributed by atoms with van der Waals surface area (Å²) in [6, 6.07) is 0. The second-order valence-corrected chi connectivity index (χ2v) is 7.06. The molecule has 0 saturated heterocycles. The van der Waals surface area contributed by atoms with Crippen molar-refractivity contribution < 1.29 is 13.2 Å². The van der Waals surface area contributed by atoms with Gasteiger partial charge in [-0.15, -0.1) is 0 Å². The lowest BCUT2D eigenvalue weighted by Gasteiger charge is -2.26. The van der Waals surface area contributed by atoms with E-state index in [2.05, 4.69) is 10.0 Å². The fraction of sp³-hybridized carbons (Fsp3) is 0.909. The molecule has 0 aromatic carbocycles. The van der Waals surface area contributed by atoms with Gasteiger partial charge < -0.3 is 11.1 Å². The summed E-state index contributed by atoms with van der Waals surface area (Å²) in [4.78, 5) is 11.7. The van der Waals surface area contributed by atoms with Gasteiger partial charge in [0, 0.05) is 18.0 Å². The number of nitrogens with two attached hydrogens (primary N) is 1. The maximum Gasteiger partial charge on any atom is 0.222 e. The van der Waals surface area contributed by atoms with Gasteiger partial charge >= 0.3 is 0 Å². The van der Waals surface area contributed by atoms with Gasteiger partial charge in [0.25, 0.3) is 0 Å². The summed E-state index contributed by atoms with van der Waals surface area (Å²) >= 11 is 0. The van der Waals surface area contributed by atoms with Crippen LogP contribution in [0.25, 0.3) is 0 Å². The molecule has 0 aliphatic carbocycles. The Morgan fingerprint density at radius 2 is 1.94 bits per heavy atom. The number of hydrogen-bond acceptors (Lipinski definition) is 4. The predicted octanol–water partition coefficient (Wildman–Crippen LogP) is -0.195.